The Morgan fingerprint density at radius 2 is 1.78 bits per heavy atom. The molecular weight excluding hydrogens is 302 g/mol. The summed E-state index contributed by atoms with van der Waals surface area (Å²) in [5.74, 6) is -1.58. The maximum atomic E-state index is 13.6. The molecule has 1 heterocycles. The Bertz CT molecular complexity index is 679. The normalized spacial score (nSPS) is 14.7. The molecule has 0 bridgehead atoms. The number of hydrogen-bond acceptors (Lipinski definition) is 4. The summed E-state index contributed by atoms with van der Waals surface area (Å²) in [6, 6.07) is 3.75. The first-order valence-electron chi connectivity index (χ1n) is 7.47. The number of rotatable bonds is 4. The summed E-state index contributed by atoms with van der Waals surface area (Å²) in [6.07, 6.45) is 6.75. The summed E-state index contributed by atoms with van der Waals surface area (Å²) in [6.45, 7) is 0. The van der Waals surface area contributed by atoms with Gasteiger partial charge in [0.1, 0.15) is 28.8 Å². The second-order valence-corrected chi connectivity index (χ2v) is 5.46. The topological polar surface area (TPSA) is 66.9 Å². The van der Waals surface area contributed by atoms with Crippen molar-refractivity contribution in [3.63, 3.8) is 0 Å². The monoisotopic (exact) mass is 318 g/mol. The summed E-state index contributed by atoms with van der Waals surface area (Å²) in [5, 5.41) is 5.43. The zero-order valence-electron chi connectivity index (χ0n) is 12.4. The SMILES string of the molecule is O=C(NC1CCCC1)c1cnc(Nc2c(F)cccc2F)cn1. The number of nitrogens with one attached hydrogen (secondary N) is 2. The van der Waals surface area contributed by atoms with Crippen LogP contribution in [0.3, 0.4) is 0 Å². The summed E-state index contributed by atoms with van der Waals surface area (Å²) in [5.41, 5.74) is -0.124. The molecule has 1 saturated carbocycles. The molecule has 0 saturated heterocycles. The predicted molar refractivity (Wildman–Crippen MR) is 81.4 cm³/mol. The molecule has 1 aromatic carbocycles. The molecule has 0 radical (unpaired) electrons. The van der Waals surface area contributed by atoms with Gasteiger partial charge in [-0.2, -0.15) is 0 Å². The molecule has 120 valence electrons. The highest BCUT2D eigenvalue weighted by Gasteiger charge is 2.19. The van der Waals surface area contributed by atoms with Gasteiger partial charge in [0.25, 0.3) is 5.91 Å². The largest absolute Gasteiger partial charge is 0.348 e. The maximum absolute atomic E-state index is 13.6. The van der Waals surface area contributed by atoms with Gasteiger partial charge < -0.3 is 10.6 Å². The van der Waals surface area contributed by atoms with E-state index in [1.165, 1.54) is 18.5 Å². The van der Waals surface area contributed by atoms with Gasteiger partial charge in [0.2, 0.25) is 0 Å². The zero-order valence-corrected chi connectivity index (χ0v) is 12.4. The van der Waals surface area contributed by atoms with E-state index in [1.54, 1.807) is 0 Å². The van der Waals surface area contributed by atoms with E-state index < -0.39 is 11.6 Å². The van der Waals surface area contributed by atoms with E-state index in [0.717, 1.165) is 37.8 Å². The van der Waals surface area contributed by atoms with E-state index >= 15 is 0 Å². The van der Waals surface area contributed by atoms with Crippen LogP contribution in [-0.4, -0.2) is 21.9 Å². The van der Waals surface area contributed by atoms with E-state index in [0.29, 0.717) is 0 Å². The molecule has 1 aliphatic carbocycles. The van der Waals surface area contributed by atoms with Crippen molar-refractivity contribution in [2.24, 2.45) is 0 Å². The Kier molecular flexibility index (Phi) is 4.45. The van der Waals surface area contributed by atoms with Crippen LogP contribution in [0.2, 0.25) is 0 Å². The zero-order chi connectivity index (χ0) is 16.2. The summed E-state index contributed by atoms with van der Waals surface area (Å²) < 4.78 is 27.1. The molecule has 7 heteroatoms. The van der Waals surface area contributed by atoms with Crippen molar-refractivity contribution < 1.29 is 13.6 Å². The van der Waals surface area contributed by atoms with E-state index in [1.807, 2.05) is 0 Å². The second kappa shape index (κ2) is 6.68. The van der Waals surface area contributed by atoms with Crippen molar-refractivity contribution in [2.45, 2.75) is 31.7 Å². The lowest BCUT2D eigenvalue weighted by Gasteiger charge is -2.11. The number of benzene rings is 1. The quantitative estimate of drug-likeness (QED) is 0.908. The standard InChI is InChI=1S/C16H16F2N4O/c17-11-6-3-7-12(18)15(11)22-14-9-19-13(8-20-14)16(23)21-10-4-1-2-5-10/h3,6-10H,1-2,4-5H2,(H,20,22)(H,21,23). The van der Waals surface area contributed by atoms with Crippen LogP contribution < -0.4 is 10.6 Å². The summed E-state index contributed by atoms with van der Waals surface area (Å²) >= 11 is 0. The molecule has 23 heavy (non-hydrogen) atoms. The molecule has 0 atom stereocenters. The highest BCUT2D eigenvalue weighted by molar-refractivity contribution is 5.92. The van der Waals surface area contributed by atoms with Crippen molar-refractivity contribution in [1.82, 2.24) is 15.3 Å². The van der Waals surface area contributed by atoms with Crippen LogP contribution in [0.5, 0.6) is 0 Å². The van der Waals surface area contributed by atoms with Crippen LogP contribution in [0.1, 0.15) is 36.2 Å². The third kappa shape index (κ3) is 3.61. The van der Waals surface area contributed by atoms with E-state index in [9.17, 15) is 13.6 Å². The average Bonchev–Trinajstić information content (AvgIpc) is 3.04. The lowest BCUT2D eigenvalue weighted by atomic mass is 10.2. The second-order valence-electron chi connectivity index (χ2n) is 5.46. The molecule has 1 fully saturated rings. The van der Waals surface area contributed by atoms with Gasteiger partial charge in [0.15, 0.2) is 0 Å². The van der Waals surface area contributed by atoms with Gasteiger partial charge in [0.05, 0.1) is 12.4 Å². The van der Waals surface area contributed by atoms with Crippen molar-refractivity contribution in [2.75, 3.05) is 5.32 Å². The number of carbonyl (C=O) groups is 1. The van der Waals surface area contributed by atoms with Crippen LogP contribution in [0.4, 0.5) is 20.3 Å². The third-order valence-corrected chi connectivity index (χ3v) is 3.79. The number of hydrogen-bond donors (Lipinski definition) is 2. The van der Waals surface area contributed by atoms with Gasteiger partial charge in [-0.1, -0.05) is 18.9 Å². The molecular formula is C16H16F2N4O. The molecule has 0 aliphatic heterocycles. The minimum Gasteiger partial charge on any atom is -0.348 e. The van der Waals surface area contributed by atoms with Crippen molar-refractivity contribution in [3.8, 4) is 0 Å². The lowest BCUT2D eigenvalue weighted by Crippen LogP contribution is -2.33. The number of halogens is 2. The molecule has 1 aliphatic rings. The highest BCUT2D eigenvalue weighted by Crippen LogP contribution is 2.21. The number of aromatic nitrogens is 2. The molecule has 2 N–H and O–H groups in total. The van der Waals surface area contributed by atoms with Crippen LogP contribution in [-0.2, 0) is 0 Å². The number of amides is 1. The van der Waals surface area contributed by atoms with Gasteiger partial charge in [0, 0.05) is 6.04 Å². The number of anilines is 2. The van der Waals surface area contributed by atoms with Crippen LogP contribution >= 0.6 is 0 Å². The minimum atomic E-state index is -0.727. The van der Waals surface area contributed by atoms with Gasteiger partial charge in [-0.05, 0) is 25.0 Å². The Morgan fingerprint density at radius 3 is 2.39 bits per heavy atom. The maximum Gasteiger partial charge on any atom is 0.271 e. The fraction of sp³-hybridized carbons (Fsp3) is 0.312. The number of para-hydroxylation sites is 1. The molecule has 0 unspecified atom stereocenters. The van der Waals surface area contributed by atoms with Gasteiger partial charge in [-0.15, -0.1) is 0 Å². The Labute approximate surface area is 132 Å². The smallest absolute Gasteiger partial charge is 0.271 e. The van der Waals surface area contributed by atoms with Crippen molar-refractivity contribution >= 4 is 17.4 Å². The Morgan fingerprint density at radius 1 is 1.09 bits per heavy atom. The fourth-order valence-electron chi connectivity index (χ4n) is 2.58. The molecule has 5 nitrogen and oxygen atoms in total. The first-order chi connectivity index (χ1) is 11.1. The van der Waals surface area contributed by atoms with Gasteiger partial charge >= 0.3 is 0 Å². The number of carbonyl (C=O) groups excluding carboxylic acids is 1. The molecule has 3 rings (SSSR count). The molecule has 1 aromatic heterocycles. The van der Waals surface area contributed by atoms with Crippen LogP contribution in [0, 0.1) is 11.6 Å². The number of nitrogens with zero attached hydrogens (tertiary/aromatic N) is 2. The molecule has 1 amide bonds. The van der Waals surface area contributed by atoms with E-state index in [-0.39, 0.29) is 29.1 Å². The third-order valence-electron chi connectivity index (χ3n) is 3.79. The van der Waals surface area contributed by atoms with Crippen molar-refractivity contribution in [3.05, 3.63) is 47.9 Å². The fourth-order valence-corrected chi connectivity index (χ4v) is 2.58. The van der Waals surface area contributed by atoms with Crippen LogP contribution in [0.25, 0.3) is 0 Å². The van der Waals surface area contributed by atoms with Crippen LogP contribution in [0.15, 0.2) is 30.6 Å². The summed E-state index contributed by atoms with van der Waals surface area (Å²) in [7, 11) is 0. The first-order valence-corrected chi connectivity index (χ1v) is 7.47. The highest BCUT2D eigenvalue weighted by atomic mass is 19.1. The molecule has 2 aromatic rings. The Hall–Kier alpha value is -2.57. The van der Waals surface area contributed by atoms with E-state index in [2.05, 4.69) is 20.6 Å². The first kappa shape index (κ1) is 15.3. The van der Waals surface area contributed by atoms with Gasteiger partial charge in [-0.3, -0.25) is 4.79 Å². The van der Waals surface area contributed by atoms with E-state index in [4.69, 9.17) is 0 Å². The Balaban J connectivity index is 1.68. The van der Waals surface area contributed by atoms with Crippen molar-refractivity contribution in [1.29, 1.82) is 0 Å². The van der Waals surface area contributed by atoms with Gasteiger partial charge in [-0.25, -0.2) is 18.7 Å². The predicted octanol–water partition coefficient (Wildman–Crippen LogP) is 3.17. The lowest BCUT2D eigenvalue weighted by molar-refractivity contribution is 0.0932. The molecule has 0 spiro atoms. The minimum absolute atomic E-state index is 0.159. The summed E-state index contributed by atoms with van der Waals surface area (Å²) in [4.78, 5) is 20.0. The average molecular weight is 318 g/mol.